The average Bonchev–Trinajstić information content (AvgIpc) is 2.10. The van der Waals surface area contributed by atoms with Crippen molar-refractivity contribution in [2.75, 3.05) is 12.3 Å². The highest BCUT2D eigenvalue weighted by Gasteiger charge is 2.02. The number of hydrogen-bond acceptors (Lipinski definition) is 2. The lowest BCUT2D eigenvalue weighted by Crippen LogP contribution is -2.04. The third kappa shape index (κ3) is 3.01. The minimum atomic E-state index is -0.177. The normalized spacial score (nSPS) is 10.4. The predicted octanol–water partition coefficient (Wildman–Crippen LogP) is 2.44. The average molecular weight is 199 g/mol. The van der Waals surface area contributed by atoms with Crippen LogP contribution in [0.4, 0.5) is 4.39 Å². The number of thioether (sulfide) groups is 1. The van der Waals surface area contributed by atoms with Gasteiger partial charge >= 0.3 is 0 Å². The minimum Gasteiger partial charge on any atom is -0.330 e. The van der Waals surface area contributed by atoms with Crippen LogP contribution in [-0.4, -0.2) is 12.3 Å². The van der Waals surface area contributed by atoms with E-state index < -0.39 is 0 Å². The smallest absolute Gasteiger partial charge is 0.123 e. The van der Waals surface area contributed by atoms with E-state index in [9.17, 15) is 4.39 Å². The Hall–Kier alpha value is -0.540. The van der Waals surface area contributed by atoms with Crippen molar-refractivity contribution in [3.63, 3.8) is 0 Å². The molecule has 0 saturated carbocycles. The van der Waals surface area contributed by atoms with E-state index in [1.54, 1.807) is 17.8 Å². The molecule has 0 amide bonds. The molecule has 13 heavy (non-hydrogen) atoms. The molecule has 2 N–H and O–H groups in total. The fraction of sp³-hybridized carbons (Fsp3) is 0.400. The van der Waals surface area contributed by atoms with Crippen molar-refractivity contribution < 1.29 is 4.39 Å². The summed E-state index contributed by atoms with van der Waals surface area (Å²) in [5.74, 6) is 0.826. The molecule has 1 aromatic carbocycles. The number of hydrogen-bond donors (Lipinski definition) is 1. The Kier molecular flexibility index (Phi) is 4.25. The largest absolute Gasteiger partial charge is 0.330 e. The SMILES string of the molecule is CCSc1ccc(F)cc1CCN. The van der Waals surface area contributed by atoms with Gasteiger partial charge in [-0.05, 0) is 42.5 Å². The summed E-state index contributed by atoms with van der Waals surface area (Å²) in [4.78, 5) is 1.15. The molecule has 0 aliphatic heterocycles. The van der Waals surface area contributed by atoms with Gasteiger partial charge < -0.3 is 5.73 Å². The van der Waals surface area contributed by atoms with Crippen LogP contribution in [0.1, 0.15) is 12.5 Å². The van der Waals surface area contributed by atoms with Gasteiger partial charge in [0.25, 0.3) is 0 Å². The molecule has 3 heteroatoms. The second kappa shape index (κ2) is 5.25. The summed E-state index contributed by atoms with van der Waals surface area (Å²) >= 11 is 1.73. The summed E-state index contributed by atoms with van der Waals surface area (Å²) < 4.78 is 12.9. The van der Waals surface area contributed by atoms with Crippen LogP contribution in [0.3, 0.4) is 0 Å². The maximum absolute atomic E-state index is 12.9. The molecule has 1 aromatic rings. The summed E-state index contributed by atoms with van der Waals surface area (Å²) in [6.07, 6.45) is 0.750. The van der Waals surface area contributed by atoms with E-state index >= 15 is 0 Å². The maximum atomic E-state index is 12.9. The number of benzene rings is 1. The molecule has 0 spiro atoms. The molecule has 0 aliphatic rings. The van der Waals surface area contributed by atoms with Crippen LogP contribution in [-0.2, 0) is 6.42 Å². The van der Waals surface area contributed by atoms with Gasteiger partial charge in [0.1, 0.15) is 5.82 Å². The van der Waals surface area contributed by atoms with Gasteiger partial charge in [-0.1, -0.05) is 6.92 Å². The predicted molar refractivity (Wildman–Crippen MR) is 55.6 cm³/mol. The lowest BCUT2D eigenvalue weighted by molar-refractivity contribution is 0.623. The quantitative estimate of drug-likeness (QED) is 0.754. The number of rotatable bonds is 4. The topological polar surface area (TPSA) is 26.0 Å². The van der Waals surface area contributed by atoms with E-state index in [1.807, 2.05) is 6.07 Å². The van der Waals surface area contributed by atoms with Gasteiger partial charge in [-0.15, -0.1) is 11.8 Å². The second-order valence-corrected chi connectivity index (χ2v) is 4.03. The highest BCUT2D eigenvalue weighted by atomic mass is 32.2. The first-order valence-electron chi connectivity index (χ1n) is 4.39. The molecule has 1 nitrogen and oxygen atoms in total. The lowest BCUT2D eigenvalue weighted by Gasteiger charge is -2.06. The van der Waals surface area contributed by atoms with Gasteiger partial charge in [-0.2, -0.15) is 0 Å². The van der Waals surface area contributed by atoms with Gasteiger partial charge in [-0.3, -0.25) is 0 Å². The van der Waals surface area contributed by atoms with E-state index in [-0.39, 0.29) is 5.82 Å². The highest BCUT2D eigenvalue weighted by Crippen LogP contribution is 2.23. The summed E-state index contributed by atoms with van der Waals surface area (Å²) in [6, 6.07) is 4.90. The van der Waals surface area contributed by atoms with Gasteiger partial charge in [-0.25, -0.2) is 4.39 Å². The highest BCUT2D eigenvalue weighted by molar-refractivity contribution is 7.99. The zero-order valence-corrected chi connectivity index (χ0v) is 8.53. The standard InChI is InChI=1S/C10H14FNS/c1-2-13-10-4-3-9(11)7-8(10)5-6-12/h3-4,7H,2,5-6,12H2,1H3. The Morgan fingerprint density at radius 2 is 2.23 bits per heavy atom. The summed E-state index contributed by atoms with van der Waals surface area (Å²) in [5, 5.41) is 0. The third-order valence-corrected chi connectivity index (χ3v) is 2.73. The second-order valence-electron chi connectivity index (χ2n) is 2.72. The molecule has 0 atom stereocenters. The molecule has 0 bridgehead atoms. The third-order valence-electron chi connectivity index (χ3n) is 1.74. The van der Waals surface area contributed by atoms with Crippen molar-refractivity contribution in [3.8, 4) is 0 Å². The monoisotopic (exact) mass is 199 g/mol. The van der Waals surface area contributed by atoms with E-state index in [0.29, 0.717) is 6.54 Å². The minimum absolute atomic E-state index is 0.177. The molecule has 0 saturated heterocycles. The fourth-order valence-electron chi connectivity index (χ4n) is 1.20. The first kappa shape index (κ1) is 10.5. The van der Waals surface area contributed by atoms with Crippen LogP contribution in [0.2, 0.25) is 0 Å². The first-order valence-corrected chi connectivity index (χ1v) is 5.37. The van der Waals surface area contributed by atoms with Crippen LogP contribution < -0.4 is 5.73 Å². The van der Waals surface area contributed by atoms with Gasteiger partial charge in [0.2, 0.25) is 0 Å². The summed E-state index contributed by atoms with van der Waals surface area (Å²) in [7, 11) is 0. The van der Waals surface area contributed by atoms with E-state index in [4.69, 9.17) is 5.73 Å². The maximum Gasteiger partial charge on any atom is 0.123 e. The Morgan fingerprint density at radius 3 is 2.85 bits per heavy atom. The Balaban J connectivity index is 2.89. The molecule has 1 rings (SSSR count). The molecule has 0 aliphatic carbocycles. The zero-order chi connectivity index (χ0) is 9.68. The molecule has 0 radical (unpaired) electrons. The van der Waals surface area contributed by atoms with Crippen molar-refractivity contribution in [2.45, 2.75) is 18.2 Å². The van der Waals surface area contributed by atoms with E-state index in [0.717, 1.165) is 22.6 Å². The van der Waals surface area contributed by atoms with Crippen LogP contribution in [0.25, 0.3) is 0 Å². The lowest BCUT2D eigenvalue weighted by atomic mass is 10.1. The van der Waals surface area contributed by atoms with Crippen LogP contribution in [0.5, 0.6) is 0 Å². The van der Waals surface area contributed by atoms with E-state index in [2.05, 4.69) is 6.92 Å². The van der Waals surface area contributed by atoms with Crippen molar-refractivity contribution in [2.24, 2.45) is 5.73 Å². The van der Waals surface area contributed by atoms with Crippen LogP contribution in [0, 0.1) is 5.82 Å². The summed E-state index contributed by atoms with van der Waals surface area (Å²) in [6.45, 7) is 2.65. The van der Waals surface area contributed by atoms with Crippen molar-refractivity contribution >= 4 is 11.8 Å². The first-order chi connectivity index (χ1) is 6.27. The van der Waals surface area contributed by atoms with Crippen LogP contribution >= 0.6 is 11.8 Å². The Morgan fingerprint density at radius 1 is 1.46 bits per heavy atom. The zero-order valence-electron chi connectivity index (χ0n) is 7.72. The van der Waals surface area contributed by atoms with Gasteiger partial charge in [0.05, 0.1) is 0 Å². The number of halogens is 1. The van der Waals surface area contributed by atoms with E-state index in [1.165, 1.54) is 6.07 Å². The Labute approximate surface area is 82.5 Å². The molecule has 0 fully saturated rings. The Bertz CT molecular complexity index is 276. The summed E-state index contributed by atoms with van der Waals surface area (Å²) in [5.41, 5.74) is 6.47. The van der Waals surface area contributed by atoms with Crippen molar-refractivity contribution in [1.29, 1.82) is 0 Å². The molecule has 0 heterocycles. The molecular formula is C10H14FNS. The van der Waals surface area contributed by atoms with Crippen molar-refractivity contribution in [1.82, 2.24) is 0 Å². The van der Waals surface area contributed by atoms with Gasteiger partial charge in [0.15, 0.2) is 0 Å². The van der Waals surface area contributed by atoms with Crippen LogP contribution in [0.15, 0.2) is 23.1 Å². The fourth-order valence-corrected chi connectivity index (χ4v) is 2.02. The number of nitrogens with two attached hydrogens (primary N) is 1. The molecular weight excluding hydrogens is 185 g/mol. The molecule has 0 unspecified atom stereocenters. The van der Waals surface area contributed by atoms with Crippen molar-refractivity contribution in [3.05, 3.63) is 29.6 Å². The molecule has 0 aromatic heterocycles. The van der Waals surface area contributed by atoms with Gasteiger partial charge in [0, 0.05) is 4.90 Å². The molecule has 72 valence electrons.